The first kappa shape index (κ1) is 8.21. The van der Waals surface area contributed by atoms with Crippen LogP contribution in [0.1, 0.15) is 6.92 Å². The summed E-state index contributed by atoms with van der Waals surface area (Å²) in [5.74, 6) is -1.16. The van der Waals surface area contributed by atoms with Crippen molar-refractivity contribution in [1.29, 1.82) is 0 Å². The van der Waals surface area contributed by atoms with Gasteiger partial charge in [0.1, 0.15) is 0 Å². The summed E-state index contributed by atoms with van der Waals surface area (Å²) in [7, 11) is 0. The van der Waals surface area contributed by atoms with E-state index in [1.165, 1.54) is 6.92 Å². The SMILES string of the molecule is [C-]#[N+]C1=C(C)C(=C)C(=O)NC1=O. The van der Waals surface area contributed by atoms with Gasteiger partial charge in [-0.05, 0) is 12.5 Å². The zero-order valence-corrected chi connectivity index (χ0v) is 6.47. The fourth-order valence-corrected chi connectivity index (χ4v) is 0.856. The number of rotatable bonds is 0. The van der Waals surface area contributed by atoms with Crippen molar-refractivity contribution >= 4 is 11.8 Å². The molecule has 0 saturated carbocycles. The highest BCUT2D eigenvalue weighted by atomic mass is 16.2. The molecular weight excluding hydrogens is 156 g/mol. The van der Waals surface area contributed by atoms with Crippen molar-refractivity contribution in [3.05, 3.63) is 34.8 Å². The number of carbonyl (C=O) groups is 2. The summed E-state index contributed by atoms with van der Waals surface area (Å²) in [4.78, 5) is 24.9. The number of nitrogens with zero attached hydrogens (tertiary/aromatic N) is 1. The lowest BCUT2D eigenvalue weighted by Crippen LogP contribution is -2.36. The van der Waals surface area contributed by atoms with Crippen LogP contribution < -0.4 is 5.32 Å². The van der Waals surface area contributed by atoms with Gasteiger partial charge in [-0.25, -0.2) is 4.85 Å². The zero-order chi connectivity index (χ0) is 9.30. The van der Waals surface area contributed by atoms with E-state index in [1.807, 2.05) is 5.32 Å². The molecule has 1 rings (SSSR count). The van der Waals surface area contributed by atoms with Gasteiger partial charge < -0.3 is 0 Å². The minimum Gasteiger partial charge on any atom is -0.298 e. The molecule has 12 heavy (non-hydrogen) atoms. The smallest absolute Gasteiger partial charge is 0.257 e. The fraction of sp³-hybridized carbons (Fsp3) is 0.125. The van der Waals surface area contributed by atoms with Crippen molar-refractivity contribution in [2.45, 2.75) is 6.92 Å². The van der Waals surface area contributed by atoms with Crippen LogP contribution in [-0.2, 0) is 9.59 Å². The Hall–Kier alpha value is -1.89. The van der Waals surface area contributed by atoms with E-state index >= 15 is 0 Å². The molecule has 0 aliphatic carbocycles. The van der Waals surface area contributed by atoms with Gasteiger partial charge in [-0.2, -0.15) is 0 Å². The number of amides is 2. The highest BCUT2D eigenvalue weighted by Gasteiger charge is 2.26. The molecule has 0 aromatic rings. The van der Waals surface area contributed by atoms with Crippen molar-refractivity contribution in [3.63, 3.8) is 0 Å². The lowest BCUT2D eigenvalue weighted by atomic mass is 10.0. The number of carbonyl (C=O) groups excluding carboxylic acids is 2. The monoisotopic (exact) mass is 162 g/mol. The molecule has 0 bridgehead atoms. The van der Waals surface area contributed by atoms with Crippen molar-refractivity contribution in [1.82, 2.24) is 5.32 Å². The molecule has 0 unspecified atom stereocenters. The van der Waals surface area contributed by atoms with E-state index in [0.29, 0.717) is 5.57 Å². The maximum absolute atomic E-state index is 10.9. The van der Waals surface area contributed by atoms with Crippen LogP contribution in [0.2, 0.25) is 0 Å². The molecule has 4 heteroatoms. The average molecular weight is 162 g/mol. The Morgan fingerprint density at radius 3 is 2.50 bits per heavy atom. The van der Waals surface area contributed by atoms with Gasteiger partial charge in [-0.1, -0.05) is 6.58 Å². The Kier molecular flexibility index (Phi) is 1.80. The standard InChI is InChI=1S/C8H6N2O2/c1-4-5(2)7(11)10-8(12)6(4)9-3/h2H2,1H3,(H,10,11,12). The normalized spacial score (nSPS) is 17.5. The Morgan fingerprint density at radius 2 is 2.00 bits per heavy atom. The summed E-state index contributed by atoms with van der Waals surface area (Å²) in [6, 6.07) is 0. The van der Waals surface area contributed by atoms with Crippen molar-refractivity contribution in [2.24, 2.45) is 0 Å². The molecule has 2 amide bonds. The topological polar surface area (TPSA) is 50.5 Å². The molecule has 60 valence electrons. The molecule has 1 aliphatic heterocycles. The summed E-state index contributed by atoms with van der Waals surface area (Å²) in [6.45, 7) is 11.6. The molecule has 0 aromatic heterocycles. The van der Waals surface area contributed by atoms with Crippen molar-refractivity contribution in [3.8, 4) is 0 Å². The number of hydrogen-bond donors (Lipinski definition) is 1. The van der Waals surface area contributed by atoms with E-state index in [2.05, 4.69) is 11.4 Å². The Balaban J connectivity index is 3.29. The zero-order valence-electron chi connectivity index (χ0n) is 6.47. The largest absolute Gasteiger partial charge is 0.298 e. The van der Waals surface area contributed by atoms with Gasteiger partial charge in [0.2, 0.25) is 0 Å². The van der Waals surface area contributed by atoms with Gasteiger partial charge in [0.05, 0.1) is 6.57 Å². The van der Waals surface area contributed by atoms with E-state index in [0.717, 1.165) is 0 Å². The molecule has 0 aromatic carbocycles. The second kappa shape index (κ2) is 2.62. The summed E-state index contributed by atoms with van der Waals surface area (Å²) < 4.78 is 0. The summed E-state index contributed by atoms with van der Waals surface area (Å²) in [5, 5.41) is 2.01. The summed E-state index contributed by atoms with van der Waals surface area (Å²) >= 11 is 0. The molecular formula is C8H6N2O2. The average Bonchev–Trinajstić information content (AvgIpc) is 2.01. The third-order valence-electron chi connectivity index (χ3n) is 1.64. The van der Waals surface area contributed by atoms with Crippen molar-refractivity contribution in [2.75, 3.05) is 0 Å². The first-order chi connectivity index (χ1) is 5.57. The third kappa shape index (κ3) is 1.01. The van der Waals surface area contributed by atoms with E-state index in [4.69, 9.17) is 6.57 Å². The van der Waals surface area contributed by atoms with Gasteiger partial charge in [0.15, 0.2) is 0 Å². The lowest BCUT2D eigenvalue weighted by molar-refractivity contribution is -0.126. The van der Waals surface area contributed by atoms with E-state index in [-0.39, 0.29) is 11.3 Å². The van der Waals surface area contributed by atoms with E-state index in [1.54, 1.807) is 0 Å². The van der Waals surface area contributed by atoms with E-state index in [9.17, 15) is 9.59 Å². The van der Waals surface area contributed by atoms with Gasteiger partial charge in [-0.3, -0.25) is 14.9 Å². The van der Waals surface area contributed by atoms with Gasteiger partial charge in [-0.15, -0.1) is 0 Å². The molecule has 0 radical (unpaired) electrons. The Labute approximate surface area is 69.4 Å². The summed E-state index contributed by atoms with van der Waals surface area (Å²) in [5.41, 5.74) is 0.485. The molecule has 0 spiro atoms. The van der Waals surface area contributed by atoms with Gasteiger partial charge in [0, 0.05) is 5.57 Å². The lowest BCUT2D eigenvalue weighted by Gasteiger charge is -2.13. The summed E-state index contributed by atoms with van der Waals surface area (Å²) in [6.07, 6.45) is 0. The molecule has 1 heterocycles. The highest BCUT2D eigenvalue weighted by Crippen LogP contribution is 2.18. The first-order valence-corrected chi connectivity index (χ1v) is 3.21. The number of hydrogen-bond acceptors (Lipinski definition) is 2. The maximum atomic E-state index is 10.9. The molecule has 4 nitrogen and oxygen atoms in total. The Morgan fingerprint density at radius 1 is 1.42 bits per heavy atom. The molecule has 0 atom stereocenters. The van der Waals surface area contributed by atoms with Crippen LogP contribution in [0.15, 0.2) is 23.4 Å². The Bertz CT molecular complexity index is 358. The van der Waals surface area contributed by atoms with Gasteiger partial charge >= 0.3 is 0 Å². The molecule has 0 fully saturated rings. The second-order valence-electron chi connectivity index (χ2n) is 2.35. The third-order valence-corrected chi connectivity index (χ3v) is 1.64. The highest BCUT2D eigenvalue weighted by molar-refractivity contribution is 6.16. The second-order valence-corrected chi connectivity index (χ2v) is 2.35. The fourth-order valence-electron chi connectivity index (χ4n) is 0.856. The van der Waals surface area contributed by atoms with Crippen molar-refractivity contribution < 1.29 is 9.59 Å². The quantitative estimate of drug-likeness (QED) is 0.318. The number of nitrogens with one attached hydrogen (secondary N) is 1. The minimum absolute atomic E-state index is 0.0559. The maximum Gasteiger partial charge on any atom is 0.257 e. The predicted octanol–water partition coefficient (Wildman–Crippen LogP) is 0.392. The first-order valence-electron chi connectivity index (χ1n) is 3.21. The van der Waals surface area contributed by atoms with Crippen LogP contribution in [-0.4, -0.2) is 11.8 Å². The molecule has 1 N–H and O–H groups in total. The van der Waals surface area contributed by atoms with Crippen LogP contribution in [0.5, 0.6) is 0 Å². The van der Waals surface area contributed by atoms with Gasteiger partial charge in [0.25, 0.3) is 17.5 Å². The van der Waals surface area contributed by atoms with Crippen LogP contribution in [0.3, 0.4) is 0 Å². The molecule has 0 saturated heterocycles. The van der Waals surface area contributed by atoms with E-state index < -0.39 is 11.8 Å². The van der Waals surface area contributed by atoms with Crippen LogP contribution in [0, 0.1) is 6.57 Å². The number of imide groups is 1. The molecule has 1 aliphatic rings. The van der Waals surface area contributed by atoms with Crippen LogP contribution >= 0.6 is 0 Å². The predicted molar refractivity (Wildman–Crippen MR) is 41.6 cm³/mol. The van der Waals surface area contributed by atoms with Crippen LogP contribution in [0.4, 0.5) is 0 Å². The minimum atomic E-state index is -0.639. The van der Waals surface area contributed by atoms with Crippen LogP contribution in [0.25, 0.3) is 4.85 Å².